The molecular formula is C15H16ClNO6. The van der Waals surface area contributed by atoms with Gasteiger partial charge in [-0.25, -0.2) is 4.79 Å². The fraction of sp³-hybridized carbons (Fsp3) is 0.333. The Kier molecular flexibility index (Phi) is 6.25. The summed E-state index contributed by atoms with van der Waals surface area (Å²) in [6, 6.07) is 3.33. The highest BCUT2D eigenvalue weighted by Gasteiger charge is 2.17. The van der Waals surface area contributed by atoms with Crippen molar-refractivity contribution in [1.82, 2.24) is 5.32 Å². The molecule has 1 heterocycles. The second kappa shape index (κ2) is 8.40. The zero-order chi connectivity index (χ0) is 16.7. The second-order valence-corrected chi connectivity index (χ2v) is 4.93. The van der Waals surface area contributed by atoms with Gasteiger partial charge in [-0.05, 0) is 23.8 Å². The van der Waals surface area contributed by atoms with Crippen LogP contribution in [0.25, 0.3) is 6.08 Å². The largest absolute Gasteiger partial charge is 0.454 e. The minimum atomic E-state index is -0.638. The Bertz CT molecular complexity index is 616. The van der Waals surface area contributed by atoms with Gasteiger partial charge in [0, 0.05) is 19.7 Å². The van der Waals surface area contributed by atoms with Crippen molar-refractivity contribution in [1.29, 1.82) is 0 Å². The van der Waals surface area contributed by atoms with E-state index in [9.17, 15) is 9.59 Å². The van der Waals surface area contributed by atoms with E-state index in [0.29, 0.717) is 35.2 Å². The smallest absolute Gasteiger partial charge is 0.331 e. The van der Waals surface area contributed by atoms with Crippen molar-refractivity contribution in [2.75, 3.05) is 33.7 Å². The maximum Gasteiger partial charge on any atom is 0.331 e. The fourth-order valence-corrected chi connectivity index (χ4v) is 2.05. The molecule has 0 saturated carbocycles. The highest BCUT2D eigenvalue weighted by atomic mass is 35.5. The number of amides is 1. The number of ether oxygens (including phenoxy) is 4. The third-order valence-corrected chi connectivity index (χ3v) is 3.12. The summed E-state index contributed by atoms with van der Waals surface area (Å²) < 4.78 is 20.0. The third-order valence-electron chi connectivity index (χ3n) is 2.84. The van der Waals surface area contributed by atoms with Crippen LogP contribution in [0.4, 0.5) is 0 Å². The highest BCUT2D eigenvalue weighted by molar-refractivity contribution is 6.32. The molecule has 0 saturated heterocycles. The summed E-state index contributed by atoms with van der Waals surface area (Å²) in [4.78, 5) is 22.9. The standard InChI is InChI=1S/C15H16ClNO6/c1-20-5-4-17-13(18)8-21-14(19)3-2-10-6-11(16)15-12(7-10)22-9-23-15/h2-3,6-7H,4-5,8-9H2,1H3,(H,17,18)/b3-2+. The second-order valence-electron chi connectivity index (χ2n) is 4.52. The van der Waals surface area contributed by atoms with Crippen LogP contribution in [0.2, 0.25) is 5.02 Å². The Balaban J connectivity index is 1.82. The lowest BCUT2D eigenvalue weighted by molar-refractivity contribution is -0.143. The molecule has 1 aromatic rings. The molecule has 8 heteroatoms. The van der Waals surface area contributed by atoms with E-state index >= 15 is 0 Å². The van der Waals surface area contributed by atoms with Gasteiger partial charge in [-0.3, -0.25) is 4.79 Å². The van der Waals surface area contributed by atoms with E-state index in [1.165, 1.54) is 19.3 Å². The first-order valence-electron chi connectivity index (χ1n) is 6.80. The summed E-state index contributed by atoms with van der Waals surface area (Å²) in [5.74, 6) is -0.0298. The van der Waals surface area contributed by atoms with E-state index in [4.69, 9.17) is 30.5 Å². The van der Waals surface area contributed by atoms with Gasteiger partial charge < -0.3 is 24.3 Å². The SMILES string of the molecule is COCCNC(=O)COC(=O)/C=C/c1cc(Cl)c2c(c1)OCO2. The summed E-state index contributed by atoms with van der Waals surface area (Å²) in [6.07, 6.45) is 2.72. The monoisotopic (exact) mass is 341 g/mol. The normalized spacial score (nSPS) is 12.4. The minimum absolute atomic E-state index is 0.114. The number of fused-ring (bicyclic) bond motifs is 1. The molecule has 23 heavy (non-hydrogen) atoms. The molecule has 0 fully saturated rings. The van der Waals surface area contributed by atoms with Crippen molar-refractivity contribution in [2.45, 2.75) is 0 Å². The molecule has 1 N–H and O–H groups in total. The van der Waals surface area contributed by atoms with Gasteiger partial charge in [0.1, 0.15) is 0 Å². The molecule has 1 aliphatic rings. The minimum Gasteiger partial charge on any atom is -0.454 e. The maximum atomic E-state index is 11.6. The molecule has 0 atom stereocenters. The molecule has 0 bridgehead atoms. The van der Waals surface area contributed by atoms with Gasteiger partial charge in [0.25, 0.3) is 5.91 Å². The van der Waals surface area contributed by atoms with E-state index in [1.54, 1.807) is 12.1 Å². The van der Waals surface area contributed by atoms with Crippen molar-refractivity contribution in [3.63, 3.8) is 0 Å². The molecule has 1 aliphatic heterocycles. The first kappa shape index (κ1) is 17.1. The summed E-state index contributed by atoms with van der Waals surface area (Å²) in [6.45, 7) is 0.514. The van der Waals surface area contributed by atoms with Crippen LogP contribution in [-0.4, -0.2) is 45.5 Å². The molecule has 0 aliphatic carbocycles. The summed E-state index contributed by atoms with van der Waals surface area (Å²) in [5, 5.41) is 2.93. The van der Waals surface area contributed by atoms with E-state index in [0.717, 1.165) is 0 Å². The van der Waals surface area contributed by atoms with E-state index in [2.05, 4.69) is 5.32 Å². The number of methoxy groups -OCH3 is 1. The molecule has 0 spiro atoms. The number of carbonyl (C=O) groups excluding carboxylic acids is 2. The van der Waals surface area contributed by atoms with Crippen LogP contribution in [0, 0.1) is 0 Å². The Morgan fingerprint density at radius 2 is 2.22 bits per heavy atom. The summed E-state index contributed by atoms with van der Waals surface area (Å²) >= 11 is 6.04. The van der Waals surface area contributed by atoms with Gasteiger partial charge >= 0.3 is 5.97 Å². The van der Waals surface area contributed by atoms with Crippen LogP contribution in [0.1, 0.15) is 5.56 Å². The van der Waals surface area contributed by atoms with Gasteiger partial charge in [0.15, 0.2) is 18.1 Å². The predicted molar refractivity (Wildman–Crippen MR) is 82.5 cm³/mol. The number of carbonyl (C=O) groups is 2. The number of hydrogen-bond acceptors (Lipinski definition) is 6. The Morgan fingerprint density at radius 1 is 1.39 bits per heavy atom. The van der Waals surface area contributed by atoms with Crippen LogP contribution in [0.5, 0.6) is 11.5 Å². The highest BCUT2D eigenvalue weighted by Crippen LogP contribution is 2.39. The van der Waals surface area contributed by atoms with Crippen molar-refractivity contribution >= 4 is 29.6 Å². The topological polar surface area (TPSA) is 83.1 Å². The van der Waals surface area contributed by atoms with Gasteiger partial charge in [-0.15, -0.1) is 0 Å². The van der Waals surface area contributed by atoms with Crippen LogP contribution in [0.3, 0.4) is 0 Å². The molecule has 124 valence electrons. The van der Waals surface area contributed by atoms with Crippen LogP contribution in [0.15, 0.2) is 18.2 Å². The third kappa shape index (κ3) is 5.15. The number of halogens is 1. The lowest BCUT2D eigenvalue weighted by atomic mass is 10.2. The summed E-state index contributed by atoms with van der Waals surface area (Å²) in [7, 11) is 1.53. The lowest BCUT2D eigenvalue weighted by Crippen LogP contribution is -2.31. The fourth-order valence-electron chi connectivity index (χ4n) is 1.78. The van der Waals surface area contributed by atoms with Gasteiger partial charge in [0.05, 0.1) is 11.6 Å². The summed E-state index contributed by atoms with van der Waals surface area (Å²) in [5.41, 5.74) is 0.653. The molecule has 1 amide bonds. The molecule has 0 aromatic heterocycles. The van der Waals surface area contributed by atoms with Crippen molar-refractivity contribution in [2.24, 2.45) is 0 Å². The zero-order valence-electron chi connectivity index (χ0n) is 12.5. The van der Waals surface area contributed by atoms with Crippen molar-refractivity contribution < 1.29 is 28.5 Å². The molecule has 7 nitrogen and oxygen atoms in total. The number of rotatable bonds is 7. The maximum absolute atomic E-state index is 11.6. The van der Waals surface area contributed by atoms with Gasteiger partial charge in [-0.1, -0.05) is 11.6 Å². The number of hydrogen-bond donors (Lipinski definition) is 1. The van der Waals surface area contributed by atoms with Crippen LogP contribution in [-0.2, 0) is 19.1 Å². The number of nitrogens with one attached hydrogen (secondary N) is 1. The zero-order valence-corrected chi connectivity index (χ0v) is 13.2. The average Bonchev–Trinajstić information content (AvgIpc) is 3.00. The predicted octanol–water partition coefficient (Wildman–Crippen LogP) is 1.39. The molecule has 0 radical (unpaired) electrons. The Morgan fingerprint density at radius 3 is 3.00 bits per heavy atom. The van der Waals surface area contributed by atoms with E-state index < -0.39 is 11.9 Å². The first-order valence-corrected chi connectivity index (χ1v) is 7.17. The van der Waals surface area contributed by atoms with Gasteiger partial charge in [0.2, 0.25) is 6.79 Å². The van der Waals surface area contributed by atoms with E-state index in [-0.39, 0.29) is 13.4 Å². The molecular weight excluding hydrogens is 326 g/mol. The number of benzene rings is 1. The molecule has 2 rings (SSSR count). The van der Waals surface area contributed by atoms with Crippen molar-refractivity contribution in [3.8, 4) is 11.5 Å². The molecule has 0 unspecified atom stereocenters. The van der Waals surface area contributed by atoms with Crippen LogP contribution >= 0.6 is 11.6 Å². The van der Waals surface area contributed by atoms with Gasteiger partial charge in [-0.2, -0.15) is 0 Å². The molecule has 1 aromatic carbocycles. The number of esters is 1. The first-order chi connectivity index (χ1) is 11.1. The van der Waals surface area contributed by atoms with Crippen molar-refractivity contribution in [3.05, 3.63) is 28.8 Å². The Labute approximate surface area is 138 Å². The van der Waals surface area contributed by atoms with E-state index in [1.807, 2.05) is 0 Å². The lowest BCUT2D eigenvalue weighted by Gasteiger charge is -2.04. The Hall–Kier alpha value is -2.25. The average molecular weight is 342 g/mol. The van der Waals surface area contributed by atoms with Crippen LogP contribution < -0.4 is 14.8 Å². The quantitative estimate of drug-likeness (QED) is 0.458.